The molecule has 1 saturated carbocycles. The normalized spacial score (nSPS) is 14.6. The maximum atomic E-state index is 9.09. The number of anilines is 3. The van der Waals surface area contributed by atoms with Crippen LogP contribution in [0.2, 0.25) is 0 Å². The van der Waals surface area contributed by atoms with Crippen molar-refractivity contribution in [3.63, 3.8) is 0 Å². The smallest absolute Gasteiger partial charge is 0.244 e. The molecule has 2 N–H and O–H groups in total. The van der Waals surface area contributed by atoms with Crippen LogP contribution in [0, 0.1) is 11.3 Å². The van der Waals surface area contributed by atoms with Crippen LogP contribution >= 0.6 is 0 Å². The van der Waals surface area contributed by atoms with Crippen LogP contribution in [0.1, 0.15) is 31.2 Å². The van der Waals surface area contributed by atoms with Crippen molar-refractivity contribution in [2.75, 3.05) is 10.6 Å². The Morgan fingerprint density at radius 2 is 2.00 bits per heavy atom. The topological polar surface area (TPSA) is 86.5 Å². The first-order valence-corrected chi connectivity index (χ1v) is 7.07. The van der Waals surface area contributed by atoms with E-state index in [0.29, 0.717) is 29.1 Å². The van der Waals surface area contributed by atoms with Crippen LogP contribution in [-0.2, 0) is 0 Å². The molecular weight excluding hydrogens is 264 g/mol. The Hall–Kier alpha value is -2.68. The molecule has 1 fully saturated rings. The average Bonchev–Trinajstić information content (AvgIpc) is 3.01. The van der Waals surface area contributed by atoms with Gasteiger partial charge in [0.15, 0.2) is 5.82 Å². The number of nitrogens with zero attached hydrogens (tertiary/aromatic N) is 4. The molecule has 6 heteroatoms. The Morgan fingerprint density at radius 1 is 1.19 bits per heavy atom. The molecule has 1 aromatic heterocycles. The molecule has 0 aliphatic heterocycles. The quantitative estimate of drug-likeness (QED) is 0.895. The zero-order valence-corrected chi connectivity index (χ0v) is 11.6. The van der Waals surface area contributed by atoms with E-state index < -0.39 is 0 Å². The molecule has 0 unspecified atom stereocenters. The summed E-state index contributed by atoms with van der Waals surface area (Å²) in [5.74, 6) is 1.11. The number of nitrogens with one attached hydrogen (secondary N) is 2. The van der Waals surface area contributed by atoms with Crippen molar-refractivity contribution in [1.82, 2.24) is 15.2 Å². The predicted molar refractivity (Wildman–Crippen MR) is 80.1 cm³/mol. The van der Waals surface area contributed by atoms with E-state index in [4.69, 9.17) is 5.26 Å². The van der Waals surface area contributed by atoms with Crippen LogP contribution in [0.15, 0.2) is 30.5 Å². The van der Waals surface area contributed by atoms with Gasteiger partial charge in [-0.25, -0.2) is 0 Å². The minimum atomic E-state index is 0.438. The van der Waals surface area contributed by atoms with E-state index in [2.05, 4.69) is 31.9 Å². The zero-order valence-electron chi connectivity index (χ0n) is 11.6. The van der Waals surface area contributed by atoms with E-state index in [-0.39, 0.29) is 0 Å². The summed E-state index contributed by atoms with van der Waals surface area (Å²) in [6.07, 6.45) is 6.35. The summed E-state index contributed by atoms with van der Waals surface area (Å²) in [5.41, 5.74) is 1.29. The monoisotopic (exact) mass is 280 g/mol. The van der Waals surface area contributed by atoms with E-state index in [1.54, 1.807) is 12.3 Å². The summed E-state index contributed by atoms with van der Waals surface area (Å²) in [4.78, 5) is 4.40. The third-order valence-corrected chi connectivity index (χ3v) is 3.56. The van der Waals surface area contributed by atoms with E-state index in [0.717, 1.165) is 12.8 Å². The molecule has 6 nitrogen and oxygen atoms in total. The molecule has 1 heterocycles. The van der Waals surface area contributed by atoms with Crippen molar-refractivity contribution >= 4 is 17.5 Å². The minimum absolute atomic E-state index is 0.438. The molecule has 3 rings (SSSR count). The van der Waals surface area contributed by atoms with Crippen molar-refractivity contribution in [3.05, 3.63) is 36.0 Å². The molecule has 0 radical (unpaired) electrons. The number of nitriles is 1. The summed E-state index contributed by atoms with van der Waals surface area (Å²) in [6, 6.07) is 9.88. The lowest BCUT2D eigenvalue weighted by Crippen LogP contribution is -2.17. The molecule has 1 aromatic carbocycles. The molecule has 21 heavy (non-hydrogen) atoms. The summed E-state index contributed by atoms with van der Waals surface area (Å²) in [7, 11) is 0. The summed E-state index contributed by atoms with van der Waals surface area (Å²) >= 11 is 0. The van der Waals surface area contributed by atoms with Gasteiger partial charge in [0, 0.05) is 6.04 Å². The van der Waals surface area contributed by atoms with E-state index in [1.807, 2.05) is 18.2 Å². The van der Waals surface area contributed by atoms with Crippen LogP contribution < -0.4 is 10.6 Å². The van der Waals surface area contributed by atoms with Gasteiger partial charge in [-0.3, -0.25) is 0 Å². The standard InChI is InChI=1S/C15H16N6/c16-9-11-5-1-4-8-13(11)19-14-10-17-21-15(20-14)18-12-6-2-3-7-12/h1,4-5,8,10,12H,2-3,6-7H2,(H2,18,19,20,21). The largest absolute Gasteiger partial charge is 0.350 e. The minimum Gasteiger partial charge on any atom is -0.350 e. The van der Waals surface area contributed by atoms with Crippen LogP contribution in [0.25, 0.3) is 0 Å². The number of benzene rings is 1. The number of para-hydroxylation sites is 1. The second kappa shape index (κ2) is 6.18. The van der Waals surface area contributed by atoms with Crippen LogP contribution in [0.5, 0.6) is 0 Å². The van der Waals surface area contributed by atoms with Gasteiger partial charge in [0.1, 0.15) is 6.07 Å². The third-order valence-electron chi connectivity index (χ3n) is 3.56. The van der Waals surface area contributed by atoms with E-state index >= 15 is 0 Å². The first kappa shape index (κ1) is 13.3. The molecule has 0 atom stereocenters. The Labute approximate surface area is 123 Å². The third kappa shape index (κ3) is 3.26. The number of hydrogen-bond acceptors (Lipinski definition) is 6. The average molecular weight is 280 g/mol. The van der Waals surface area contributed by atoms with Gasteiger partial charge in [-0.1, -0.05) is 25.0 Å². The van der Waals surface area contributed by atoms with Crippen LogP contribution in [-0.4, -0.2) is 21.2 Å². The van der Waals surface area contributed by atoms with Gasteiger partial charge in [-0.05, 0) is 25.0 Å². The molecule has 1 aliphatic carbocycles. The van der Waals surface area contributed by atoms with Gasteiger partial charge in [0.2, 0.25) is 5.95 Å². The Balaban J connectivity index is 1.75. The van der Waals surface area contributed by atoms with Gasteiger partial charge in [-0.15, -0.1) is 5.10 Å². The molecule has 2 aromatic rings. The van der Waals surface area contributed by atoms with Crippen molar-refractivity contribution in [2.45, 2.75) is 31.7 Å². The molecular formula is C15H16N6. The highest BCUT2D eigenvalue weighted by molar-refractivity contribution is 5.64. The number of hydrogen-bond donors (Lipinski definition) is 2. The maximum absolute atomic E-state index is 9.09. The molecule has 0 spiro atoms. The van der Waals surface area contributed by atoms with Gasteiger partial charge < -0.3 is 10.6 Å². The first-order chi connectivity index (χ1) is 10.3. The predicted octanol–water partition coefficient (Wildman–Crippen LogP) is 2.84. The Bertz CT molecular complexity index is 657. The lowest BCUT2D eigenvalue weighted by Gasteiger charge is -2.12. The molecule has 0 bridgehead atoms. The maximum Gasteiger partial charge on any atom is 0.244 e. The highest BCUT2D eigenvalue weighted by Gasteiger charge is 2.16. The molecule has 0 amide bonds. The summed E-state index contributed by atoms with van der Waals surface area (Å²) < 4.78 is 0. The van der Waals surface area contributed by atoms with E-state index in [1.165, 1.54) is 12.8 Å². The first-order valence-electron chi connectivity index (χ1n) is 7.07. The zero-order chi connectivity index (χ0) is 14.5. The lowest BCUT2D eigenvalue weighted by molar-refractivity contribution is 0.738. The lowest BCUT2D eigenvalue weighted by atomic mass is 10.2. The second-order valence-electron chi connectivity index (χ2n) is 5.07. The fourth-order valence-electron chi connectivity index (χ4n) is 2.51. The highest BCUT2D eigenvalue weighted by atomic mass is 15.3. The van der Waals surface area contributed by atoms with Gasteiger partial charge in [0.05, 0.1) is 17.4 Å². The SMILES string of the molecule is N#Cc1ccccc1Nc1cnnc(NC2CCCC2)n1. The highest BCUT2D eigenvalue weighted by Crippen LogP contribution is 2.22. The Morgan fingerprint density at radius 3 is 2.81 bits per heavy atom. The van der Waals surface area contributed by atoms with Gasteiger partial charge >= 0.3 is 0 Å². The van der Waals surface area contributed by atoms with Gasteiger partial charge in [-0.2, -0.15) is 15.3 Å². The molecule has 1 aliphatic rings. The second-order valence-corrected chi connectivity index (χ2v) is 5.07. The van der Waals surface area contributed by atoms with Crippen molar-refractivity contribution in [1.29, 1.82) is 5.26 Å². The van der Waals surface area contributed by atoms with Crippen LogP contribution in [0.3, 0.4) is 0 Å². The fourth-order valence-corrected chi connectivity index (χ4v) is 2.51. The summed E-state index contributed by atoms with van der Waals surface area (Å²) in [5, 5.41) is 23.5. The van der Waals surface area contributed by atoms with Gasteiger partial charge in [0.25, 0.3) is 0 Å². The van der Waals surface area contributed by atoms with Crippen molar-refractivity contribution < 1.29 is 0 Å². The Kier molecular flexibility index (Phi) is 3.92. The van der Waals surface area contributed by atoms with Crippen molar-refractivity contribution in [2.24, 2.45) is 0 Å². The molecule has 0 saturated heterocycles. The number of aromatic nitrogens is 3. The van der Waals surface area contributed by atoms with E-state index in [9.17, 15) is 0 Å². The van der Waals surface area contributed by atoms with Crippen LogP contribution in [0.4, 0.5) is 17.5 Å². The number of rotatable bonds is 4. The van der Waals surface area contributed by atoms with Crippen molar-refractivity contribution in [3.8, 4) is 6.07 Å². The molecule has 106 valence electrons. The fraction of sp³-hybridized carbons (Fsp3) is 0.333. The summed E-state index contributed by atoms with van der Waals surface area (Å²) in [6.45, 7) is 0.